The van der Waals surface area contributed by atoms with E-state index in [4.69, 9.17) is 15.1 Å². The molecule has 0 bridgehead atoms. The van der Waals surface area contributed by atoms with Crippen LogP contribution in [-0.2, 0) is 4.74 Å². The zero-order valence-electron chi connectivity index (χ0n) is 10.3. The van der Waals surface area contributed by atoms with Crippen molar-refractivity contribution in [2.75, 3.05) is 30.9 Å². The summed E-state index contributed by atoms with van der Waals surface area (Å²) in [6.07, 6.45) is 2.42. The van der Waals surface area contributed by atoms with Gasteiger partial charge in [-0.2, -0.15) is 0 Å². The lowest BCUT2D eigenvalue weighted by molar-refractivity contribution is 0.205. The van der Waals surface area contributed by atoms with Crippen LogP contribution in [0.25, 0.3) is 11.0 Å². The Balaban J connectivity index is 2.00. The van der Waals surface area contributed by atoms with E-state index in [1.54, 1.807) is 7.11 Å². The molecular formula is C12H16N4O2. The molecule has 96 valence electrons. The van der Waals surface area contributed by atoms with Crippen LogP contribution < -0.4 is 10.6 Å². The first-order valence-electron chi connectivity index (χ1n) is 6.07. The Bertz CT molecular complexity index is 550. The topological polar surface area (TPSA) is 77.4 Å². The highest BCUT2D eigenvalue weighted by Crippen LogP contribution is 2.36. The molecule has 0 radical (unpaired) electrons. The molecule has 18 heavy (non-hydrogen) atoms. The standard InChI is InChI=1S/C12H16N4O2/c1-17-7-6-16(8-2-3-8)10-5-4-9(13)11-12(10)15-18-14-11/h4-5,8H,2-3,6-7,13H2,1H3. The second kappa shape index (κ2) is 4.45. The molecule has 1 heterocycles. The Morgan fingerprint density at radius 3 is 2.89 bits per heavy atom. The van der Waals surface area contributed by atoms with Crippen LogP contribution in [0.1, 0.15) is 12.8 Å². The summed E-state index contributed by atoms with van der Waals surface area (Å²) in [6.45, 7) is 1.53. The number of nitrogens with zero attached hydrogens (tertiary/aromatic N) is 3. The maximum absolute atomic E-state index is 5.86. The van der Waals surface area contributed by atoms with Gasteiger partial charge in [0.15, 0.2) is 11.0 Å². The van der Waals surface area contributed by atoms with Gasteiger partial charge in [-0.1, -0.05) is 0 Å². The van der Waals surface area contributed by atoms with Crippen LogP contribution >= 0.6 is 0 Å². The Labute approximate surface area is 105 Å². The van der Waals surface area contributed by atoms with Gasteiger partial charge in [-0.25, -0.2) is 4.63 Å². The number of ether oxygens (including phenoxy) is 1. The predicted octanol–water partition coefficient (Wildman–Crippen LogP) is 1.42. The lowest BCUT2D eigenvalue weighted by Gasteiger charge is -2.24. The van der Waals surface area contributed by atoms with Crippen LogP contribution in [0.15, 0.2) is 16.8 Å². The lowest BCUT2D eigenvalue weighted by atomic mass is 10.2. The third kappa shape index (κ3) is 1.88. The first kappa shape index (κ1) is 11.3. The van der Waals surface area contributed by atoms with Crippen LogP contribution in [0.2, 0.25) is 0 Å². The molecule has 1 aliphatic carbocycles. The summed E-state index contributed by atoms with van der Waals surface area (Å²) in [7, 11) is 1.71. The molecular weight excluding hydrogens is 232 g/mol. The Morgan fingerprint density at radius 2 is 2.17 bits per heavy atom. The third-order valence-corrected chi connectivity index (χ3v) is 3.26. The molecule has 0 unspecified atom stereocenters. The molecule has 0 spiro atoms. The van der Waals surface area contributed by atoms with Gasteiger partial charge < -0.3 is 15.4 Å². The monoisotopic (exact) mass is 248 g/mol. The SMILES string of the molecule is COCCN(c1ccc(N)c2nonc12)C1CC1. The molecule has 3 rings (SSSR count). The average Bonchev–Trinajstić information content (AvgIpc) is 3.08. The minimum Gasteiger partial charge on any atom is -0.397 e. The summed E-state index contributed by atoms with van der Waals surface area (Å²) < 4.78 is 9.97. The number of methoxy groups -OCH3 is 1. The fraction of sp³-hybridized carbons (Fsp3) is 0.500. The molecule has 2 N–H and O–H groups in total. The largest absolute Gasteiger partial charge is 0.397 e. The Hall–Kier alpha value is -1.82. The van der Waals surface area contributed by atoms with Gasteiger partial charge in [-0.3, -0.25) is 0 Å². The molecule has 6 heteroatoms. The van der Waals surface area contributed by atoms with E-state index in [2.05, 4.69) is 15.2 Å². The predicted molar refractivity (Wildman–Crippen MR) is 68.5 cm³/mol. The van der Waals surface area contributed by atoms with E-state index >= 15 is 0 Å². The molecule has 6 nitrogen and oxygen atoms in total. The van der Waals surface area contributed by atoms with Crippen molar-refractivity contribution in [3.05, 3.63) is 12.1 Å². The summed E-state index contributed by atoms with van der Waals surface area (Å²) in [5.41, 5.74) is 8.85. The van der Waals surface area contributed by atoms with Gasteiger partial charge in [0.1, 0.15) is 0 Å². The number of rotatable bonds is 5. The van der Waals surface area contributed by atoms with Crippen molar-refractivity contribution < 1.29 is 9.37 Å². The molecule has 1 aromatic carbocycles. The van der Waals surface area contributed by atoms with E-state index in [1.807, 2.05) is 12.1 Å². The van der Waals surface area contributed by atoms with E-state index in [9.17, 15) is 0 Å². The van der Waals surface area contributed by atoms with Crippen LogP contribution in [0, 0.1) is 0 Å². The molecule has 0 atom stereocenters. The number of aromatic nitrogens is 2. The second-order valence-electron chi connectivity index (χ2n) is 4.55. The fourth-order valence-corrected chi connectivity index (χ4v) is 2.18. The molecule has 1 aliphatic rings. The van der Waals surface area contributed by atoms with Gasteiger partial charge in [-0.15, -0.1) is 0 Å². The Kier molecular flexibility index (Phi) is 2.79. The van der Waals surface area contributed by atoms with Crippen molar-refractivity contribution in [3.8, 4) is 0 Å². The summed E-state index contributed by atoms with van der Waals surface area (Å²) in [4.78, 5) is 2.30. The van der Waals surface area contributed by atoms with Gasteiger partial charge in [0.2, 0.25) is 0 Å². The van der Waals surface area contributed by atoms with Crippen LogP contribution in [-0.4, -0.2) is 36.6 Å². The van der Waals surface area contributed by atoms with E-state index in [0.29, 0.717) is 23.9 Å². The van der Waals surface area contributed by atoms with Crippen LogP contribution in [0.3, 0.4) is 0 Å². The fourth-order valence-electron chi connectivity index (χ4n) is 2.18. The number of fused-ring (bicyclic) bond motifs is 1. The van der Waals surface area contributed by atoms with Crippen molar-refractivity contribution in [2.24, 2.45) is 0 Å². The minimum absolute atomic E-state index is 0.573. The zero-order valence-corrected chi connectivity index (χ0v) is 10.3. The van der Waals surface area contributed by atoms with Gasteiger partial charge in [-0.05, 0) is 35.3 Å². The van der Waals surface area contributed by atoms with Gasteiger partial charge >= 0.3 is 0 Å². The smallest absolute Gasteiger partial charge is 0.160 e. The first-order chi connectivity index (χ1) is 8.81. The second-order valence-corrected chi connectivity index (χ2v) is 4.55. The van der Waals surface area contributed by atoms with Crippen molar-refractivity contribution in [1.29, 1.82) is 0 Å². The number of hydrogen-bond acceptors (Lipinski definition) is 6. The molecule has 0 aliphatic heterocycles. The van der Waals surface area contributed by atoms with Crippen molar-refractivity contribution in [2.45, 2.75) is 18.9 Å². The summed E-state index contributed by atoms with van der Waals surface area (Å²) in [5.74, 6) is 0. The van der Waals surface area contributed by atoms with Gasteiger partial charge in [0.25, 0.3) is 0 Å². The van der Waals surface area contributed by atoms with Gasteiger partial charge in [0, 0.05) is 19.7 Å². The van der Waals surface area contributed by atoms with E-state index in [-0.39, 0.29) is 0 Å². The van der Waals surface area contributed by atoms with Crippen molar-refractivity contribution in [3.63, 3.8) is 0 Å². The maximum atomic E-state index is 5.86. The van der Waals surface area contributed by atoms with Crippen LogP contribution in [0.5, 0.6) is 0 Å². The van der Waals surface area contributed by atoms with Crippen LogP contribution in [0.4, 0.5) is 11.4 Å². The first-order valence-corrected chi connectivity index (χ1v) is 6.07. The van der Waals surface area contributed by atoms with E-state index in [1.165, 1.54) is 12.8 Å². The Morgan fingerprint density at radius 1 is 1.39 bits per heavy atom. The van der Waals surface area contributed by atoms with E-state index < -0.39 is 0 Å². The number of nitrogens with two attached hydrogens (primary N) is 1. The summed E-state index contributed by atoms with van der Waals surface area (Å²) in [5, 5.41) is 7.82. The number of benzene rings is 1. The number of hydrogen-bond donors (Lipinski definition) is 1. The third-order valence-electron chi connectivity index (χ3n) is 3.26. The summed E-state index contributed by atoms with van der Waals surface area (Å²) in [6, 6.07) is 4.41. The lowest BCUT2D eigenvalue weighted by Crippen LogP contribution is -2.29. The quantitative estimate of drug-likeness (QED) is 0.806. The number of anilines is 2. The molecule has 1 fully saturated rings. The molecule has 1 aromatic heterocycles. The average molecular weight is 248 g/mol. The van der Waals surface area contributed by atoms with Gasteiger partial charge in [0.05, 0.1) is 18.0 Å². The molecule has 0 saturated heterocycles. The maximum Gasteiger partial charge on any atom is 0.160 e. The van der Waals surface area contributed by atoms with Crippen molar-refractivity contribution >= 4 is 22.4 Å². The molecule has 1 saturated carbocycles. The summed E-state index contributed by atoms with van der Waals surface area (Å²) >= 11 is 0. The highest BCUT2D eigenvalue weighted by atomic mass is 16.6. The number of nitrogen functional groups attached to an aromatic ring is 1. The molecule has 0 amide bonds. The zero-order chi connectivity index (χ0) is 12.5. The van der Waals surface area contributed by atoms with Crippen molar-refractivity contribution in [1.82, 2.24) is 10.3 Å². The highest BCUT2D eigenvalue weighted by Gasteiger charge is 2.30. The minimum atomic E-state index is 0.573. The highest BCUT2D eigenvalue weighted by molar-refractivity contribution is 5.95. The van der Waals surface area contributed by atoms with E-state index in [0.717, 1.165) is 17.7 Å². The molecule has 2 aromatic rings. The normalized spacial score (nSPS) is 15.2.